The van der Waals surface area contributed by atoms with Crippen molar-refractivity contribution >= 4 is 16.7 Å². The monoisotopic (exact) mass is 373 g/mol. The van der Waals surface area contributed by atoms with Crippen LogP contribution in [0, 0.1) is 0 Å². The van der Waals surface area contributed by atoms with Crippen LogP contribution in [-0.2, 0) is 6.18 Å². The van der Waals surface area contributed by atoms with Crippen molar-refractivity contribution in [1.29, 1.82) is 0 Å². The maximum atomic E-state index is 12.6. The molecule has 3 nitrogen and oxygen atoms in total. The maximum Gasteiger partial charge on any atom is 0.416 e. The van der Waals surface area contributed by atoms with Crippen molar-refractivity contribution in [3.05, 3.63) is 83.4 Å². The van der Waals surface area contributed by atoms with Gasteiger partial charge in [0.1, 0.15) is 0 Å². The third-order valence-corrected chi connectivity index (χ3v) is 4.36. The van der Waals surface area contributed by atoms with E-state index in [0.717, 1.165) is 40.6 Å². The molecule has 1 unspecified atom stereocenters. The van der Waals surface area contributed by atoms with Gasteiger partial charge in [-0.2, -0.15) is 13.2 Å². The largest absolute Gasteiger partial charge is 0.416 e. The Labute approximate surface area is 154 Å². The second kappa shape index (κ2) is 7.80. The minimum Gasteiger partial charge on any atom is -0.388 e. The van der Waals surface area contributed by atoms with Crippen LogP contribution in [0.25, 0.3) is 10.8 Å². The predicted molar refractivity (Wildman–Crippen MR) is 97.3 cm³/mol. The molecule has 0 aliphatic rings. The molecule has 6 heteroatoms. The van der Waals surface area contributed by atoms with E-state index >= 15 is 0 Å². The van der Waals surface area contributed by atoms with Gasteiger partial charge in [-0.05, 0) is 47.0 Å². The first-order chi connectivity index (χ1) is 12.9. The molecule has 0 aliphatic heterocycles. The Balaban J connectivity index is 1.59. The van der Waals surface area contributed by atoms with E-state index in [4.69, 9.17) is 0 Å². The Hall–Kier alpha value is -2.86. The van der Waals surface area contributed by atoms with Crippen molar-refractivity contribution < 1.29 is 23.1 Å². The minimum absolute atomic E-state index is 0.141. The number of carbonyl (C=O) groups is 1. The van der Waals surface area contributed by atoms with Crippen LogP contribution in [0.5, 0.6) is 0 Å². The zero-order valence-electron chi connectivity index (χ0n) is 14.3. The molecule has 0 saturated carbocycles. The number of amides is 1. The SMILES string of the molecule is O=C(NCCC(O)c1cccc2ccccc12)c1ccc(C(F)(F)F)cc1. The summed E-state index contributed by atoms with van der Waals surface area (Å²) >= 11 is 0. The average Bonchev–Trinajstić information content (AvgIpc) is 2.66. The zero-order valence-corrected chi connectivity index (χ0v) is 14.3. The van der Waals surface area contributed by atoms with Crippen LogP contribution in [0.1, 0.15) is 34.0 Å². The number of carbonyl (C=O) groups excluding carboxylic acids is 1. The van der Waals surface area contributed by atoms with E-state index in [1.54, 1.807) is 0 Å². The van der Waals surface area contributed by atoms with E-state index < -0.39 is 23.8 Å². The predicted octanol–water partition coefficient (Wildman–Crippen LogP) is 4.71. The number of hydrogen-bond acceptors (Lipinski definition) is 2. The first-order valence-corrected chi connectivity index (χ1v) is 8.47. The highest BCUT2D eigenvalue weighted by Crippen LogP contribution is 2.29. The molecule has 3 aromatic rings. The second-order valence-electron chi connectivity index (χ2n) is 6.20. The van der Waals surface area contributed by atoms with Crippen LogP contribution in [0.2, 0.25) is 0 Å². The Kier molecular flexibility index (Phi) is 5.46. The van der Waals surface area contributed by atoms with Crippen molar-refractivity contribution in [3.8, 4) is 0 Å². The number of rotatable bonds is 5. The lowest BCUT2D eigenvalue weighted by molar-refractivity contribution is -0.137. The minimum atomic E-state index is -4.43. The summed E-state index contributed by atoms with van der Waals surface area (Å²) in [5, 5.41) is 15.0. The molecular formula is C21H18F3NO2. The number of aliphatic hydroxyl groups excluding tert-OH is 1. The zero-order chi connectivity index (χ0) is 19.4. The number of aliphatic hydroxyl groups is 1. The number of nitrogens with one attached hydrogen (secondary N) is 1. The summed E-state index contributed by atoms with van der Waals surface area (Å²) < 4.78 is 37.7. The van der Waals surface area contributed by atoms with Crippen molar-refractivity contribution in [2.24, 2.45) is 0 Å². The van der Waals surface area contributed by atoms with Gasteiger partial charge < -0.3 is 10.4 Å². The first-order valence-electron chi connectivity index (χ1n) is 8.47. The molecule has 0 saturated heterocycles. The summed E-state index contributed by atoms with van der Waals surface area (Å²) in [4.78, 5) is 12.1. The molecule has 1 amide bonds. The van der Waals surface area contributed by atoms with Crippen molar-refractivity contribution in [2.45, 2.75) is 18.7 Å². The molecule has 0 spiro atoms. The highest BCUT2D eigenvalue weighted by Gasteiger charge is 2.30. The fraction of sp³-hybridized carbons (Fsp3) is 0.190. The van der Waals surface area contributed by atoms with Crippen molar-refractivity contribution in [3.63, 3.8) is 0 Å². The maximum absolute atomic E-state index is 12.6. The van der Waals surface area contributed by atoms with Gasteiger partial charge in [0.15, 0.2) is 0 Å². The molecule has 3 aromatic carbocycles. The van der Waals surface area contributed by atoms with Crippen LogP contribution in [0.4, 0.5) is 13.2 Å². The van der Waals surface area contributed by atoms with Crippen LogP contribution in [0.15, 0.2) is 66.7 Å². The fourth-order valence-corrected chi connectivity index (χ4v) is 2.93. The van der Waals surface area contributed by atoms with Gasteiger partial charge in [0.05, 0.1) is 11.7 Å². The number of fused-ring (bicyclic) bond motifs is 1. The average molecular weight is 373 g/mol. The molecule has 27 heavy (non-hydrogen) atoms. The molecule has 2 N–H and O–H groups in total. The van der Waals surface area contributed by atoms with E-state index in [1.165, 1.54) is 0 Å². The molecule has 140 valence electrons. The Morgan fingerprint density at radius 2 is 1.63 bits per heavy atom. The summed E-state index contributed by atoms with van der Waals surface area (Å²) in [6.07, 6.45) is -4.90. The normalized spacial score (nSPS) is 12.7. The van der Waals surface area contributed by atoms with Gasteiger partial charge in [-0.25, -0.2) is 0 Å². The summed E-state index contributed by atoms with van der Waals surface area (Å²) in [5.41, 5.74) is 0.116. The molecule has 0 radical (unpaired) electrons. The lowest BCUT2D eigenvalue weighted by Crippen LogP contribution is -2.25. The summed E-state index contributed by atoms with van der Waals surface area (Å²) in [7, 11) is 0. The van der Waals surface area contributed by atoms with Crippen molar-refractivity contribution in [1.82, 2.24) is 5.32 Å². The van der Waals surface area contributed by atoms with Crippen LogP contribution in [0.3, 0.4) is 0 Å². The number of benzene rings is 3. The van der Waals surface area contributed by atoms with Crippen LogP contribution >= 0.6 is 0 Å². The lowest BCUT2D eigenvalue weighted by Gasteiger charge is -2.14. The van der Waals surface area contributed by atoms with Crippen LogP contribution < -0.4 is 5.32 Å². The Bertz CT molecular complexity index is 931. The number of halogens is 3. The van der Waals surface area contributed by atoms with Gasteiger partial charge in [-0.15, -0.1) is 0 Å². The highest BCUT2D eigenvalue weighted by atomic mass is 19.4. The van der Waals surface area contributed by atoms with Crippen LogP contribution in [-0.4, -0.2) is 17.6 Å². The third-order valence-electron chi connectivity index (χ3n) is 4.36. The fourth-order valence-electron chi connectivity index (χ4n) is 2.93. The summed E-state index contributed by atoms with van der Waals surface area (Å²) in [6, 6.07) is 17.4. The van der Waals surface area contributed by atoms with E-state index in [9.17, 15) is 23.1 Å². The van der Waals surface area contributed by atoms with Gasteiger partial charge in [0.25, 0.3) is 5.91 Å². The van der Waals surface area contributed by atoms with E-state index in [0.29, 0.717) is 6.42 Å². The number of alkyl halides is 3. The smallest absolute Gasteiger partial charge is 0.388 e. The summed E-state index contributed by atoms with van der Waals surface area (Å²) in [6.45, 7) is 0.199. The molecule has 0 aromatic heterocycles. The number of hydrogen-bond donors (Lipinski definition) is 2. The topological polar surface area (TPSA) is 49.3 Å². The Morgan fingerprint density at radius 1 is 0.963 bits per heavy atom. The summed E-state index contributed by atoms with van der Waals surface area (Å²) in [5.74, 6) is -0.478. The first kappa shape index (κ1) is 18.9. The molecule has 0 aliphatic carbocycles. The molecule has 0 fully saturated rings. The quantitative estimate of drug-likeness (QED) is 0.680. The van der Waals surface area contributed by atoms with E-state index in [-0.39, 0.29) is 12.1 Å². The van der Waals surface area contributed by atoms with E-state index in [1.807, 2.05) is 42.5 Å². The Morgan fingerprint density at radius 3 is 2.33 bits per heavy atom. The van der Waals surface area contributed by atoms with Gasteiger partial charge in [0, 0.05) is 12.1 Å². The molecule has 0 heterocycles. The van der Waals surface area contributed by atoms with Gasteiger partial charge >= 0.3 is 6.18 Å². The second-order valence-corrected chi connectivity index (χ2v) is 6.20. The molecule has 0 bridgehead atoms. The molecule has 3 rings (SSSR count). The van der Waals surface area contributed by atoms with E-state index in [2.05, 4.69) is 5.32 Å². The standard InChI is InChI=1S/C21H18F3NO2/c22-21(23,24)16-10-8-15(9-11-16)20(27)25-13-12-19(26)18-7-3-5-14-4-1-2-6-17(14)18/h1-11,19,26H,12-13H2,(H,25,27). The van der Waals surface area contributed by atoms with Gasteiger partial charge in [0.2, 0.25) is 0 Å². The third kappa shape index (κ3) is 4.46. The lowest BCUT2D eigenvalue weighted by atomic mass is 9.99. The molecule has 1 atom stereocenters. The van der Waals surface area contributed by atoms with Gasteiger partial charge in [-0.3, -0.25) is 4.79 Å². The van der Waals surface area contributed by atoms with Crippen molar-refractivity contribution in [2.75, 3.05) is 6.54 Å². The van der Waals surface area contributed by atoms with Gasteiger partial charge in [-0.1, -0.05) is 42.5 Å². The highest BCUT2D eigenvalue weighted by molar-refractivity contribution is 5.94. The molecular weight excluding hydrogens is 355 g/mol.